The zero-order valence-corrected chi connectivity index (χ0v) is 18.6. The van der Waals surface area contributed by atoms with Crippen LogP contribution in [-0.2, 0) is 29.2 Å². The first-order valence-corrected chi connectivity index (χ1v) is 11.2. The first-order valence-electron chi connectivity index (χ1n) is 11.2. The van der Waals surface area contributed by atoms with Crippen LogP contribution in [0.4, 0.5) is 0 Å². The summed E-state index contributed by atoms with van der Waals surface area (Å²) in [5, 5.41) is 11.8. The number of carbonyl (C=O) groups excluding carboxylic acids is 1. The monoisotopic (exact) mass is 426 g/mol. The summed E-state index contributed by atoms with van der Waals surface area (Å²) in [7, 11) is 3.76. The third-order valence-corrected chi connectivity index (χ3v) is 6.53. The number of hydrogen-bond donors (Lipinski definition) is 1. The number of nitrogens with one attached hydrogen (secondary N) is 1. The summed E-state index contributed by atoms with van der Waals surface area (Å²) in [5.41, 5.74) is 2.29. The van der Waals surface area contributed by atoms with Gasteiger partial charge in [-0.1, -0.05) is 35.5 Å². The van der Waals surface area contributed by atoms with Crippen molar-refractivity contribution in [2.45, 2.75) is 38.5 Å². The maximum Gasteiger partial charge on any atom is 0.224 e. The summed E-state index contributed by atoms with van der Waals surface area (Å²) >= 11 is 0. The number of benzene rings is 1. The maximum absolute atomic E-state index is 12.5. The van der Waals surface area contributed by atoms with E-state index in [1.807, 2.05) is 10.7 Å². The maximum atomic E-state index is 12.5. The van der Waals surface area contributed by atoms with Crippen LogP contribution in [0.5, 0.6) is 0 Å². The highest BCUT2D eigenvalue weighted by molar-refractivity contribution is 5.79. The number of hydrogen-bond acceptors (Lipinski definition) is 6. The molecule has 4 heterocycles. The average Bonchev–Trinajstić information content (AvgIpc) is 3.21. The van der Waals surface area contributed by atoms with Crippen molar-refractivity contribution in [1.82, 2.24) is 30.1 Å². The Morgan fingerprint density at radius 3 is 2.87 bits per heavy atom. The van der Waals surface area contributed by atoms with E-state index >= 15 is 0 Å². The first-order chi connectivity index (χ1) is 15.1. The Morgan fingerprint density at radius 1 is 1.29 bits per heavy atom. The molecule has 0 spiro atoms. The summed E-state index contributed by atoms with van der Waals surface area (Å²) < 4.78 is 7.01. The Kier molecular flexibility index (Phi) is 7.32. The smallest absolute Gasteiger partial charge is 0.224 e. The van der Waals surface area contributed by atoms with Crippen molar-refractivity contribution in [2.75, 3.05) is 40.4 Å². The van der Waals surface area contributed by atoms with Crippen molar-refractivity contribution in [3.8, 4) is 0 Å². The molecule has 4 unspecified atom stereocenters. The van der Waals surface area contributed by atoms with Gasteiger partial charge in [0.1, 0.15) is 0 Å². The zero-order valence-electron chi connectivity index (χ0n) is 18.6. The molecule has 2 aromatic rings. The van der Waals surface area contributed by atoms with E-state index in [1.165, 1.54) is 5.56 Å². The molecule has 0 radical (unpaired) electrons. The lowest BCUT2D eigenvalue weighted by Crippen LogP contribution is -2.58. The summed E-state index contributed by atoms with van der Waals surface area (Å²) in [6.07, 6.45) is 4.22. The molecule has 31 heavy (non-hydrogen) atoms. The molecular formula is C23H34N6O2. The van der Waals surface area contributed by atoms with Gasteiger partial charge >= 0.3 is 0 Å². The Morgan fingerprint density at radius 2 is 2.13 bits per heavy atom. The third-order valence-electron chi connectivity index (χ3n) is 6.53. The molecule has 168 valence electrons. The summed E-state index contributed by atoms with van der Waals surface area (Å²) in [6, 6.07) is 10.9. The number of nitrogens with zero attached hydrogens (tertiary/aromatic N) is 5. The van der Waals surface area contributed by atoms with Crippen molar-refractivity contribution in [1.29, 1.82) is 0 Å². The van der Waals surface area contributed by atoms with Gasteiger partial charge in [-0.05, 0) is 37.9 Å². The molecule has 0 aliphatic carbocycles. The molecule has 1 N–H and O–H groups in total. The van der Waals surface area contributed by atoms with E-state index in [0.717, 1.165) is 51.3 Å². The van der Waals surface area contributed by atoms with Crippen molar-refractivity contribution in [3.05, 3.63) is 47.8 Å². The molecule has 1 aromatic heterocycles. The highest BCUT2D eigenvalue weighted by Gasteiger charge is 2.43. The number of fused-ring (bicyclic) bond motifs is 3. The Hall–Kier alpha value is -2.29. The predicted molar refractivity (Wildman–Crippen MR) is 118 cm³/mol. The molecule has 3 aliphatic rings. The van der Waals surface area contributed by atoms with Crippen LogP contribution < -0.4 is 5.32 Å². The molecule has 3 aliphatic heterocycles. The van der Waals surface area contributed by atoms with Crippen LogP contribution in [0.2, 0.25) is 0 Å². The van der Waals surface area contributed by atoms with Crippen molar-refractivity contribution in [2.24, 2.45) is 11.8 Å². The van der Waals surface area contributed by atoms with Crippen LogP contribution in [0, 0.1) is 11.8 Å². The molecule has 3 fully saturated rings. The quantitative estimate of drug-likeness (QED) is 0.579. The van der Waals surface area contributed by atoms with Crippen LogP contribution in [0.15, 0.2) is 36.5 Å². The largest absolute Gasteiger partial charge is 0.383 e. The molecule has 8 heteroatoms. The van der Waals surface area contributed by atoms with Crippen molar-refractivity contribution >= 4 is 5.91 Å². The van der Waals surface area contributed by atoms with Gasteiger partial charge < -0.3 is 10.1 Å². The van der Waals surface area contributed by atoms with Crippen LogP contribution in [0.25, 0.3) is 0 Å². The van der Waals surface area contributed by atoms with Gasteiger partial charge in [-0.25, -0.2) is 0 Å². The standard InChI is InChI=1S/C23H34N6O2/c1-27(13-18-6-4-3-5-7-18)14-20-15-29(26-25-20)16-21-12-19-8-10-28(21)17-22(19)23(30)24-9-11-31-2/h3-7,15,19,21-22H,8-14,16-17H2,1-2H3,(H,24,30). The second-order valence-electron chi connectivity index (χ2n) is 8.91. The van der Waals surface area contributed by atoms with Gasteiger partial charge in [0.15, 0.2) is 0 Å². The van der Waals surface area contributed by atoms with E-state index in [1.54, 1.807) is 7.11 Å². The first kappa shape index (κ1) is 21.9. The van der Waals surface area contributed by atoms with Gasteiger partial charge in [-0.2, -0.15) is 0 Å². The average molecular weight is 427 g/mol. The van der Waals surface area contributed by atoms with E-state index in [2.05, 4.69) is 62.9 Å². The number of carbonyl (C=O) groups is 1. The Bertz CT molecular complexity index is 842. The van der Waals surface area contributed by atoms with Gasteiger partial charge in [0.05, 0.1) is 24.8 Å². The normalized spacial score (nSPS) is 25.1. The van der Waals surface area contributed by atoms with Gasteiger partial charge in [-0.15, -0.1) is 5.10 Å². The topological polar surface area (TPSA) is 75.5 Å². The van der Waals surface area contributed by atoms with E-state index in [9.17, 15) is 4.79 Å². The molecule has 2 bridgehead atoms. The lowest BCUT2D eigenvalue weighted by atomic mass is 9.75. The van der Waals surface area contributed by atoms with Crippen LogP contribution in [-0.4, -0.2) is 77.1 Å². The molecule has 3 saturated heterocycles. The lowest BCUT2D eigenvalue weighted by molar-refractivity contribution is -0.133. The fourth-order valence-corrected chi connectivity index (χ4v) is 4.98. The third kappa shape index (κ3) is 5.70. The summed E-state index contributed by atoms with van der Waals surface area (Å²) in [5.74, 6) is 0.729. The van der Waals surface area contributed by atoms with Gasteiger partial charge in [0.2, 0.25) is 5.91 Å². The van der Waals surface area contributed by atoms with Crippen LogP contribution in [0.1, 0.15) is 24.1 Å². The predicted octanol–water partition coefficient (Wildman–Crippen LogP) is 1.38. The Balaban J connectivity index is 1.27. The Labute approximate surface area is 184 Å². The molecular weight excluding hydrogens is 392 g/mol. The van der Waals surface area contributed by atoms with E-state index in [0.29, 0.717) is 25.1 Å². The van der Waals surface area contributed by atoms with Gasteiger partial charge in [-0.3, -0.25) is 19.3 Å². The fourth-order valence-electron chi connectivity index (χ4n) is 4.98. The number of ether oxygens (including phenoxy) is 1. The fraction of sp³-hybridized carbons (Fsp3) is 0.609. The number of amides is 1. The van der Waals surface area contributed by atoms with Crippen molar-refractivity contribution in [3.63, 3.8) is 0 Å². The molecule has 5 rings (SSSR count). The molecule has 8 nitrogen and oxygen atoms in total. The minimum absolute atomic E-state index is 0.0970. The van der Waals surface area contributed by atoms with Crippen molar-refractivity contribution < 1.29 is 9.53 Å². The number of rotatable bonds is 10. The van der Waals surface area contributed by atoms with Gasteiger partial charge in [0, 0.05) is 45.5 Å². The molecule has 4 atom stereocenters. The minimum Gasteiger partial charge on any atom is -0.383 e. The van der Waals surface area contributed by atoms with E-state index < -0.39 is 0 Å². The zero-order chi connectivity index (χ0) is 21.6. The molecule has 1 amide bonds. The second-order valence-corrected chi connectivity index (χ2v) is 8.91. The van der Waals surface area contributed by atoms with Crippen LogP contribution >= 0.6 is 0 Å². The summed E-state index contributed by atoms with van der Waals surface area (Å²) in [6.45, 7) is 5.56. The minimum atomic E-state index is 0.0970. The number of methoxy groups -OCH3 is 1. The van der Waals surface area contributed by atoms with Gasteiger partial charge in [0.25, 0.3) is 0 Å². The van der Waals surface area contributed by atoms with E-state index in [-0.39, 0.29) is 11.8 Å². The second kappa shape index (κ2) is 10.3. The highest BCUT2D eigenvalue weighted by Crippen LogP contribution is 2.36. The SMILES string of the molecule is COCCNC(=O)C1CN2CCC1CC2Cn1cc(CN(C)Cc2ccccc2)nn1. The molecule has 1 aromatic carbocycles. The molecule has 0 saturated carbocycles. The lowest BCUT2D eigenvalue weighted by Gasteiger charge is -2.49. The highest BCUT2D eigenvalue weighted by atomic mass is 16.5. The number of aromatic nitrogens is 3. The number of piperidine rings is 3. The van der Waals surface area contributed by atoms with Crippen LogP contribution in [0.3, 0.4) is 0 Å². The summed E-state index contributed by atoms with van der Waals surface area (Å²) in [4.78, 5) is 17.3. The van der Waals surface area contributed by atoms with E-state index in [4.69, 9.17) is 4.74 Å².